The normalized spacial score (nSPS) is 22.5. The van der Waals surface area contributed by atoms with E-state index in [2.05, 4.69) is 23.5 Å². The largest absolute Gasteiger partial charge is 0.433 e. The molecule has 1 fully saturated rings. The first-order valence-electron chi connectivity index (χ1n) is 6.99. The van der Waals surface area contributed by atoms with Gasteiger partial charge in [-0.3, -0.25) is 4.90 Å². The quantitative estimate of drug-likeness (QED) is 0.923. The van der Waals surface area contributed by atoms with Crippen molar-refractivity contribution in [2.75, 3.05) is 13.1 Å². The summed E-state index contributed by atoms with van der Waals surface area (Å²) in [5.74, 6) is 0.0106. The Balaban J connectivity index is 2.02. The first-order valence-corrected chi connectivity index (χ1v) is 7.37. The van der Waals surface area contributed by atoms with Gasteiger partial charge in [0.2, 0.25) is 0 Å². The van der Waals surface area contributed by atoms with Crippen LogP contribution in [0.15, 0.2) is 18.2 Å². The maximum Gasteiger partial charge on any atom is 0.387 e. The lowest BCUT2D eigenvalue weighted by Gasteiger charge is -2.42. The van der Waals surface area contributed by atoms with Gasteiger partial charge in [0, 0.05) is 25.7 Å². The molecule has 1 saturated heterocycles. The number of hydrogen-bond donors (Lipinski definition) is 1. The van der Waals surface area contributed by atoms with Gasteiger partial charge in [-0.1, -0.05) is 31.5 Å². The Bertz CT molecular complexity index is 497. The van der Waals surface area contributed by atoms with Crippen LogP contribution in [0.3, 0.4) is 0 Å². The molecule has 118 valence electrons. The molecule has 1 aromatic carbocycles. The highest BCUT2D eigenvalue weighted by Crippen LogP contribution is 2.30. The summed E-state index contributed by atoms with van der Waals surface area (Å²) < 4.78 is 28.7. The van der Waals surface area contributed by atoms with Crippen molar-refractivity contribution in [1.29, 1.82) is 0 Å². The monoisotopic (exact) mass is 318 g/mol. The van der Waals surface area contributed by atoms with Crippen molar-refractivity contribution in [3.8, 4) is 5.75 Å². The number of likely N-dealkylation sites (tertiary alicyclic amines) is 1. The lowest BCUT2D eigenvalue weighted by atomic mass is 9.79. The Hall–Kier alpha value is -0.910. The number of ether oxygens (including phenoxy) is 1. The van der Waals surface area contributed by atoms with Gasteiger partial charge in [-0.05, 0) is 29.5 Å². The zero-order valence-electron chi connectivity index (χ0n) is 12.3. The molecule has 2 rings (SSSR count). The van der Waals surface area contributed by atoms with E-state index >= 15 is 0 Å². The molecule has 1 heterocycles. The maximum atomic E-state index is 12.2. The number of nitrogens with zero attached hydrogens (tertiary/aromatic N) is 1. The fourth-order valence-corrected chi connectivity index (χ4v) is 2.96. The highest BCUT2D eigenvalue weighted by molar-refractivity contribution is 6.32. The zero-order chi connectivity index (χ0) is 15.6. The van der Waals surface area contributed by atoms with Gasteiger partial charge >= 0.3 is 6.61 Å². The van der Waals surface area contributed by atoms with Crippen LogP contribution in [-0.2, 0) is 6.54 Å². The van der Waals surface area contributed by atoms with Crippen molar-refractivity contribution >= 4 is 11.6 Å². The van der Waals surface area contributed by atoms with Crippen LogP contribution in [0.2, 0.25) is 5.02 Å². The minimum atomic E-state index is -2.86. The molecule has 3 nitrogen and oxygen atoms in total. The highest BCUT2D eigenvalue weighted by atomic mass is 35.5. The van der Waals surface area contributed by atoms with Crippen molar-refractivity contribution in [3.05, 3.63) is 28.8 Å². The molecule has 1 atom stereocenters. The Morgan fingerprint density at radius 2 is 2.19 bits per heavy atom. The number of nitrogens with two attached hydrogens (primary N) is 1. The van der Waals surface area contributed by atoms with Gasteiger partial charge in [-0.2, -0.15) is 8.78 Å². The van der Waals surface area contributed by atoms with E-state index in [9.17, 15) is 8.78 Å². The molecule has 2 N–H and O–H groups in total. The minimum absolute atomic E-state index is 0.0106. The molecule has 6 heteroatoms. The lowest BCUT2D eigenvalue weighted by molar-refractivity contribution is -0.0498. The fourth-order valence-electron chi connectivity index (χ4n) is 2.71. The second-order valence-corrected chi connectivity index (χ2v) is 6.64. The van der Waals surface area contributed by atoms with Gasteiger partial charge in [0.1, 0.15) is 5.75 Å². The van der Waals surface area contributed by atoms with Crippen molar-refractivity contribution < 1.29 is 13.5 Å². The fraction of sp³-hybridized carbons (Fsp3) is 0.600. The van der Waals surface area contributed by atoms with E-state index in [4.69, 9.17) is 17.3 Å². The molecule has 0 aliphatic carbocycles. The van der Waals surface area contributed by atoms with Crippen LogP contribution in [0, 0.1) is 5.41 Å². The average Bonchev–Trinajstić information content (AvgIpc) is 2.36. The van der Waals surface area contributed by atoms with Crippen molar-refractivity contribution in [2.45, 2.75) is 39.5 Å². The summed E-state index contributed by atoms with van der Waals surface area (Å²) in [4.78, 5) is 2.31. The minimum Gasteiger partial charge on any atom is -0.433 e. The summed E-state index contributed by atoms with van der Waals surface area (Å²) in [5.41, 5.74) is 7.17. The molecule has 0 bridgehead atoms. The Labute approximate surface area is 129 Å². The Kier molecular flexibility index (Phi) is 5.07. The second kappa shape index (κ2) is 6.46. The second-order valence-electron chi connectivity index (χ2n) is 6.24. The van der Waals surface area contributed by atoms with E-state index in [1.807, 2.05) is 0 Å². The molecule has 0 radical (unpaired) electrons. The summed E-state index contributed by atoms with van der Waals surface area (Å²) in [6.45, 7) is 4.02. The lowest BCUT2D eigenvalue weighted by Crippen LogP contribution is -2.52. The van der Waals surface area contributed by atoms with Gasteiger partial charge in [-0.15, -0.1) is 0 Å². The zero-order valence-corrected chi connectivity index (χ0v) is 13.0. The Morgan fingerprint density at radius 1 is 1.48 bits per heavy atom. The molecule has 21 heavy (non-hydrogen) atoms. The van der Waals surface area contributed by atoms with Crippen molar-refractivity contribution in [2.24, 2.45) is 11.1 Å². The van der Waals surface area contributed by atoms with Crippen molar-refractivity contribution in [3.63, 3.8) is 0 Å². The maximum absolute atomic E-state index is 12.2. The highest BCUT2D eigenvalue weighted by Gasteiger charge is 2.33. The van der Waals surface area contributed by atoms with Crippen LogP contribution >= 0.6 is 11.6 Å². The molecule has 0 spiro atoms. The Morgan fingerprint density at radius 3 is 2.76 bits per heavy atom. The molecular weight excluding hydrogens is 298 g/mol. The summed E-state index contributed by atoms with van der Waals surface area (Å²) >= 11 is 5.97. The topological polar surface area (TPSA) is 38.5 Å². The average molecular weight is 319 g/mol. The van der Waals surface area contributed by atoms with E-state index < -0.39 is 6.61 Å². The van der Waals surface area contributed by atoms with E-state index in [1.165, 1.54) is 6.07 Å². The van der Waals surface area contributed by atoms with Crippen LogP contribution in [-0.4, -0.2) is 30.6 Å². The molecule has 1 aromatic rings. The van der Waals surface area contributed by atoms with Gasteiger partial charge < -0.3 is 10.5 Å². The molecule has 0 amide bonds. The number of hydrogen-bond acceptors (Lipinski definition) is 3. The summed E-state index contributed by atoms with van der Waals surface area (Å²) in [5, 5.41) is 0.209. The first-order chi connectivity index (χ1) is 9.78. The smallest absolute Gasteiger partial charge is 0.387 e. The summed E-state index contributed by atoms with van der Waals surface area (Å²) in [7, 11) is 0. The number of halogens is 3. The van der Waals surface area contributed by atoms with E-state index in [0.717, 1.165) is 31.6 Å². The number of alkyl halides is 2. The van der Waals surface area contributed by atoms with Gasteiger partial charge in [0.25, 0.3) is 0 Å². The standard InChI is InChI=1S/C15H21ClF2N2O/c1-15(2)9-20(6-5-13(15)19)8-10-3-4-12(11(16)7-10)21-14(17)18/h3-4,7,13-14H,5-6,8-9,19H2,1-2H3. The molecule has 0 aromatic heterocycles. The van der Waals surface area contributed by atoms with Gasteiger partial charge in [0.15, 0.2) is 0 Å². The SMILES string of the molecule is CC1(C)CN(Cc2ccc(OC(F)F)c(Cl)c2)CCC1N. The van der Waals surface area contributed by atoms with Crippen LogP contribution < -0.4 is 10.5 Å². The van der Waals surface area contributed by atoms with Crippen LogP contribution in [0.5, 0.6) is 5.75 Å². The molecule has 1 aliphatic heterocycles. The summed E-state index contributed by atoms with van der Waals surface area (Å²) in [6, 6.07) is 5.15. The third kappa shape index (κ3) is 4.28. The third-order valence-corrected chi connectivity index (χ3v) is 4.31. The molecule has 0 saturated carbocycles. The predicted octanol–water partition coefficient (Wildman–Crippen LogP) is 3.50. The van der Waals surface area contributed by atoms with E-state index in [-0.39, 0.29) is 22.2 Å². The molecular formula is C15H21ClF2N2O. The van der Waals surface area contributed by atoms with Gasteiger partial charge in [0.05, 0.1) is 5.02 Å². The number of rotatable bonds is 4. The van der Waals surface area contributed by atoms with E-state index in [0.29, 0.717) is 0 Å². The molecule has 1 aliphatic rings. The summed E-state index contributed by atoms with van der Waals surface area (Å²) in [6.07, 6.45) is 0.952. The number of piperidine rings is 1. The van der Waals surface area contributed by atoms with Crippen LogP contribution in [0.25, 0.3) is 0 Å². The van der Waals surface area contributed by atoms with E-state index in [1.54, 1.807) is 12.1 Å². The third-order valence-electron chi connectivity index (χ3n) is 4.01. The molecule has 1 unspecified atom stereocenters. The predicted molar refractivity (Wildman–Crippen MR) is 79.7 cm³/mol. The first kappa shape index (κ1) is 16.5. The van der Waals surface area contributed by atoms with Crippen LogP contribution in [0.4, 0.5) is 8.78 Å². The number of benzene rings is 1. The van der Waals surface area contributed by atoms with Gasteiger partial charge in [-0.25, -0.2) is 0 Å². The van der Waals surface area contributed by atoms with Crippen LogP contribution in [0.1, 0.15) is 25.8 Å². The van der Waals surface area contributed by atoms with Crippen molar-refractivity contribution in [1.82, 2.24) is 4.90 Å².